The molecule has 6 aliphatic carbocycles. The van der Waals surface area contributed by atoms with Crippen molar-refractivity contribution in [3.8, 4) is 0 Å². The van der Waals surface area contributed by atoms with E-state index in [2.05, 4.69) is 217 Å². The monoisotopic (exact) mass is 745 g/mol. The predicted octanol–water partition coefficient (Wildman–Crippen LogP) is 13.1. The van der Waals surface area contributed by atoms with E-state index in [1.54, 1.807) is 10.4 Å². The maximum Gasteiger partial charge on any atom is 0.126 e. The van der Waals surface area contributed by atoms with Crippen molar-refractivity contribution in [1.82, 2.24) is 0 Å². The first-order valence-electron chi connectivity index (χ1n) is 21.5. The summed E-state index contributed by atoms with van der Waals surface area (Å²) in [5.74, 6) is 3.76. The van der Waals surface area contributed by atoms with Crippen LogP contribution in [0.5, 0.6) is 0 Å². The van der Waals surface area contributed by atoms with E-state index in [1.165, 1.54) is 22.3 Å². The molecule has 2 aromatic rings. The van der Waals surface area contributed by atoms with E-state index < -0.39 is 8.07 Å². The van der Waals surface area contributed by atoms with E-state index in [-0.39, 0.29) is 21.7 Å². The molecule has 2 aromatic carbocycles. The fourth-order valence-electron chi connectivity index (χ4n) is 12.1. The minimum Gasteiger partial charge on any atom is -0.0799 e. The highest BCUT2D eigenvalue weighted by Crippen LogP contribution is 2.68. The Hall–Kier alpha value is -3.42. The van der Waals surface area contributed by atoms with E-state index in [1.807, 2.05) is 0 Å². The summed E-state index contributed by atoms with van der Waals surface area (Å²) in [4.78, 5) is 0. The molecule has 0 amide bonds. The molecule has 1 heteroatoms. The number of hydrogen-bond acceptors (Lipinski definition) is 0. The lowest BCUT2D eigenvalue weighted by molar-refractivity contribution is 0.433. The van der Waals surface area contributed by atoms with Crippen LogP contribution in [0.4, 0.5) is 0 Å². The summed E-state index contributed by atoms with van der Waals surface area (Å²) in [7, 11) is -2.78. The van der Waals surface area contributed by atoms with Crippen LogP contribution >= 0.6 is 0 Å². The molecule has 0 heterocycles. The number of fused-ring (bicyclic) bond motifs is 6. The lowest BCUT2D eigenvalue weighted by Crippen LogP contribution is -2.68. The first kappa shape index (κ1) is 38.5. The summed E-state index contributed by atoms with van der Waals surface area (Å²) in [5.41, 5.74) is 7.37. The quantitative estimate of drug-likeness (QED) is 0.274. The molecular formula is C54H68Si. The van der Waals surface area contributed by atoms with Crippen molar-refractivity contribution in [3.63, 3.8) is 0 Å². The van der Waals surface area contributed by atoms with Crippen molar-refractivity contribution in [2.45, 2.75) is 94.2 Å². The SMILES string of the molecule is CC(C)(C)C1=CC2C(C=C1)C1C=CC(C(C)(C)C)=CC1C2[Si](c1ccccc1)(c1ccccc1)C1C2C=C(C(C)(C)C)C=CC2C2C=CC(C(C)(C)C)=CC21. The molecule has 0 nitrogen and oxygen atoms in total. The molecule has 55 heavy (non-hydrogen) atoms. The molecule has 0 aliphatic heterocycles. The molecule has 0 bridgehead atoms. The van der Waals surface area contributed by atoms with Crippen molar-refractivity contribution >= 4 is 18.4 Å². The van der Waals surface area contributed by atoms with Crippen molar-refractivity contribution in [2.24, 2.45) is 69.0 Å². The van der Waals surface area contributed by atoms with Crippen LogP contribution in [0.3, 0.4) is 0 Å². The zero-order valence-electron chi connectivity index (χ0n) is 36.0. The van der Waals surface area contributed by atoms with Crippen molar-refractivity contribution < 1.29 is 0 Å². The Balaban J connectivity index is 1.50. The van der Waals surface area contributed by atoms with Gasteiger partial charge in [0, 0.05) is 0 Å². The summed E-state index contributed by atoms with van der Waals surface area (Å²) in [6, 6.07) is 24.4. The summed E-state index contributed by atoms with van der Waals surface area (Å²) in [5, 5.41) is 3.27. The Kier molecular flexibility index (Phi) is 9.32. The number of allylic oxidation sites excluding steroid dienone is 16. The van der Waals surface area contributed by atoms with Crippen LogP contribution in [-0.4, -0.2) is 8.07 Å². The Morgan fingerprint density at radius 3 is 0.782 bits per heavy atom. The van der Waals surface area contributed by atoms with Crippen molar-refractivity contribution in [2.75, 3.05) is 0 Å². The fraction of sp³-hybridized carbons (Fsp3) is 0.481. The van der Waals surface area contributed by atoms with E-state index in [9.17, 15) is 0 Å². The van der Waals surface area contributed by atoms with Crippen LogP contribution in [0.1, 0.15) is 83.1 Å². The molecule has 0 radical (unpaired) electrons. The van der Waals surface area contributed by atoms with Crippen LogP contribution in [-0.2, 0) is 0 Å². The van der Waals surface area contributed by atoms with Gasteiger partial charge in [-0.05, 0) is 102 Å². The van der Waals surface area contributed by atoms with E-state index in [0.717, 1.165) is 0 Å². The number of rotatable bonds is 4. The molecule has 2 fully saturated rings. The molecular weight excluding hydrogens is 677 g/mol. The standard InChI is InChI=1S/C54H68Si/c1-51(2,3)35-23-27-41-42-28-24-36(52(4,5)6)32-46(42)49(45(41)31-35)55(39-19-15-13-16-20-39,40-21-17-14-18-22-40)50-47-33-37(53(7,8)9)25-29-43(47)44-30-26-38(34-48(44)50)54(10,11)12/h13-34,41-50H,1-12H3. The lowest BCUT2D eigenvalue weighted by atomic mass is 9.74. The second kappa shape index (κ2) is 13.3. The summed E-state index contributed by atoms with van der Waals surface area (Å²) < 4.78 is 0. The molecule has 6 aliphatic rings. The maximum atomic E-state index is 2.82. The predicted molar refractivity (Wildman–Crippen MR) is 240 cm³/mol. The topological polar surface area (TPSA) is 0 Å². The molecule has 0 N–H and O–H groups in total. The van der Waals surface area contributed by atoms with E-state index in [4.69, 9.17) is 0 Å². The molecule has 0 saturated heterocycles. The summed E-state index contributed by atoms with van der Waals surface area (Å²) >= 11 is 0. The molecule has 0 spiro atoms. The number of hydrogen-bond donors (Lipinski definition) is 0. The molecule has 8 rings (SSSR count). The molecule has 8 atom stereocenters. The first-order valence-corrected chi connectivity index (χ1v) is 23.7. The highest BCUT2D eigenvalue weighted by Gasteiger charge is 2.67. The van der Waals surface area contributed by atoms with Gasteiger partial charge in [0.25, 0.3) is 0 Å². The fourth-order valence-corrected chi connectivity index (χ4v) is 19.6. The normalized spacial score (nSPS) is 32.9. The van der Waals surface area contributed by atoms with Gasteiger partial charge in [0.2, 0.25) is 0 Å². The van der Waals surface area contributed by atoms with E-state index in [0.29, 0.717) is 58.4 Å². The van der Waals surface area contributed by atoms with Gasteiger partial charge in [-0.1, -0.05) is 227 Å². The van der Waals surface area contributed by atoms with Crippen LogP contribution in [0.2, 0.25) is 11.1 Å². The third-order valence-corrected chi connectivity index (χ3v) is 21.0. The average Bonchev–Trinajstić information content (AvgIpc) is 3.64. The second-order valence-electron chi connectivity index (χ2n) is 22.2. The van der Waals surface area contributed by atoms with Gasteiger partial charge in [-0.2, -0.15) is 0 Å². The Morgan fingerprint density at radius 2 is 0.564 bits per heavy atom. The highest BCUT2D eigenvalue weighted by molar-refractivity contribution is 7.04. The minimum atomic E-state index is -2.78. The van der Waals surface area contributed by atoms with Gasteiger partial charge in [-0.25, -0.2) is 0 Å². The highest BCUT2D eigenvalue weighted by atomic mass is 28.3. The third-order valence-electron chi connectivity index (χ3n) is 14.8. The average molecular weight is 745 g/mol. The van der Waals surface area contributed by atoms with Gasteiger partial charge in [-0.3, -0.25) is 0 Å². The molecule has 8 unspecified atom stereocenters. The Bertz CT molecular complexity index is 1780. The zero-order valence-corrected chi connectivity index (χ0v) is 37.0. The third kappa shape index (κ3) is 6.40. The Morgan fingerprint density at radius 1 is 0.327 bits per heavy atom. The number of benzene rings is 2. The summed E-state index contributed by atoms with van der Waals surface area (Å²) in [6.07, 6.45) is 32.0. The van der Waals surface area contributed by atoms with Gasteiger partial charge in [-0.15, -0.1) is 0 Å². The van der Waals surface area contributed by atoms with Crippen LogP contribution in [0, 0.1) is 69.0 Å². The first-order chi connectivity index (χ1) is 25.8. The molecule has 288 valence electrons. The smallest absolute Gasteiger partial charge is 0.0799 e. The van der Waals surface area contributed by atoms with Crippen LogP contribution in [0.25, 0.3) is 0 Å². The van der Waals surface area contributed by atoms with Crippen LogP contribution < -0.4 is 10.4 Å². The van der Waals surface area contributed by atoms with Gasteiger partial charge in [0.15, 0.2) is 0 Å². The minimum absolute atomic E-state index is 0.0896. The maximum absolute atomic E-state index is 2.82. The van der Waals surface area contributed by atoms with Crippen LogP contribution in [0.15, 0.2) is 156 Å². The van der Waals surface area contributed by atoms with E-state index >= 15 is 0 Å². The summed E-state index contributed by atoms with van der Waals surface area (Å²) in [6.45, 7) is 29.0. The van der Waals surface area contributed by atoms with Gasteiger partial charge in [0.1, 0.15) is 8.07 Å². The molecule has 0 aromatic heterocycles. The zero-order chi connectivity index (χ0) is 39.3. The van der Waals surface area contributed by atoms with Gasteiger partial charge < -0.3 is 0 Å². The molecule has 2 saturated carbocycles. The van der Waals surface area contributed by atoms with Crippen molar-refractivity contribution in [3.05, 3.63) is 156 Å². The van der Waals surface area contributed by atoms with Gasteiger partial charge >= 0.3 is 0 Å². The van der Waals surface area contributed by atoms with Crippen molar-refractivity contribution in [1.29, 1.82) is 0 Å². The largest absolute Gasteiger partial charge is 0.126 e. The lowest BCUT2D eigenvalue weighted by Gasteiger charge is -2.52. The Labute approximate surface area is 336 Å². The van der Waals surface area contributed by atoms with Gasteiger partial charge in [0.05, 0.1) is 0 Å². The second-order valence-corrected chi connectivity index (χ2v) is 26.4.